The molecule has 0 radical (unpaired) electrons. The van der Waals surface area contributed by atoms with Gasteiger partial charge in [-0.25, -0.2) is 4.79 Å². The highest BCUT2D eigenvalue weighted by atomic mass is 16.5. The molecule has 0 aromatic heterocycles. The molecule has 0 saturated carbocycles. The minimum Gasteiger partial charge on any atom is -0.468 e. The van der Waals surface area contributed by atoms with Crippen LogP contribution in [0.15, 0.2) is 0 Å². The summed E-state index contributed by atoms with van der Waals surface area (Å²) in [4.78, 5) is 11.6. The number of methoxy groups -OCH3 is 1. The Balaban J connectivity index is 3.97. The van der Waals surface area contributed by atoms with E-state index in [2.05, 4.69) is 5.32 Å². The van der Waals surface area contributed by atoms with E-state index in [0.29, 0.717) is 19.8 Å². The molecule has 0 spiro atoms. The number of hydrogen-bond acceptors (Lipinski definition) is 5. The van der Waals surface area contributed by atoms with Gasteiger partial charge in [0.1, 0.15) is 5.54 Å². The molecule has 0 aliphatic carbocycles. The molecule has 0 fully saturated rings. The van der Waals surface area contributed by atoms with Crippen molar-refractivity contribution in [2.75, 3.05) is 33.5 Å². The molecule has 0 aliphatic rings. The van der Waals surface area contributed by atoms with E-state index in [1.54, 1.807) is 6.92 Å². The highest BCUT2D eigenvalue weighted by molar-refractivity contribution is 5.80. The quantitative estimate of drug-likeness (QED) is 0.486. The SMILES string of the molecule is CCNC(C)(COCCOC(C)C)C(=O)OC. The first kappa shape index (κ1) is 16.4. The Morgan fingerprint density at radius 2 is 2.00 bits per heavy atom. The molecule has 0 aliphatic heterocycles. The lowest BCUT2D eigenvalue weighted by Crippen LogP contribution is -2.53. The van der Waals surface area contributed by atoms with Gasteiger partial charge in [-0.1, -0.05) is 6.92 Å². The Morgan fingerprint density at radius 1 is 1.35 bits per heavy atom. The molecule has 5 nitrogen and oxygen atoms in total. The van der Waals surface area contributed by atoms with Crippen LogP contribution in [0.1, 0.15) is 27.7 Å². The van der Waals surface area contributed by atoms with Crippen molar-refractivity contribution >= 4 is 5.97 Å². The lowest BCUT2D eigenvalue weighted by molar-refractivity contribution is -0.151. The van der Waals surface area contributed by atoms with E-state index in [1.165, 1.54) is 7.11 Å². The van der Waals surface area contributed by atoms with Gasteiger partial charge in [-0.15, -0.1) is 0 Å². The maximum absolute atomic E-state index is 11.6. The second-order valence-electron chi connectivity index (χ2n) is 4.33. The third kappa shape index (κ3) is 6.61. The van der Waals surface area contributed by atoms with Crippen molar-refractivity contribution in [1.82, 2.24) is 5.32 Å². The molecule has 102 valence electrons. The summed E-state index contributed by atoms with van der Waals surface area (Å²) in [5.74, 6) is -0.316. The third-order valence-electron chi connectivity index (χ3n) is 2.27. The zero-order valence-corrected chi connectivity index (χ0v) is 11.5. The van der Waals surface area contributed by atoms with E-state index in [-0.39, 0.29) is 18.7 Å². The van der Waals surface area contributed by atoms with E-state index in [1.807, 2.05) is 20.8 Å². The molecule has 0 bridgehead atoms. The first-order chi connectivity index (χ1) is 7.96. The number of carbonyl (C=O) groups excluding carboxylic acids is 1. The Bertz CT molecular complexity index is 221. The van der Waals surface area contributed by atoms with Crippen LogP contribution in [0.4, 0.5) is 0 Å². The number of carbonyl (C=O) groups is 1. The molecule has 1 unspecified atom stereocenters. The molecule has 0 amide bonds. The molecule has 17 heavy (non-hydrogen) atoms. The van der Waals surface area contributed by atoms with Crippen molar-refractivity contribution in [2.24, 2.45) is 0 Å². The Labute approximate surface area is 104 Å². The maximum Gasteiger partial charge on any atom is 0.328 e. The van der Waals surface area contributed by atoms with Crippen molar-refractivity contribution < 1.29 is 19.0 Å². The molecule has 0 rings (SSSR count). The lowest BCUT2D eigenvalue weighted by atomic mass is 10.0. The van der Waals surface area contributed by atoms with Crippen LogP contribution in [-0.2, 0) is 19.0 Å². The largest absolute Gasteiger partial charge is 0.468 e. The van der Waals surface area contributed by atoms with Gasteiger partial charge in [-0.3, -0.25) is 0 Å². The second kappa shape index (κ2) is 8.44. The van der Waals surface area contributed by atoms with Crippen LogP contribution in [0.25, 0.3) is 0 Å². The summed E-state index contributed by atoms with van der Waals surface area (Å²) < 4.78 is 15.5. The average Bonchev–Trinajstić information content (AvgIpc) is 2.27. The summed E-state index contributed by atoms with van der Waals surface area (Å²) >= 11 is 0. The van der Waals surface area contributed by atoms with E-state index in [9.17, 15) is 4.79 Å². The van der Waals surface area contributed by atoms with Crippen LogP contribution in [0, 0.1) is 0 Å². The van der Waals surface area contributed by atoms with E-state index in [4.69, 9.17) is 14.2 Å². The predicted octanol–water partition coefficient (Wildman–Crippen LogP) is 0.969. The fraction of sp³-hybridized carbons (Fsp3) is 0.917. The maximum atomic E-state index is 11.6. The summed E-state index contributed by atoms with van der Waals surface area (Å²) in [6.45, 7) is 9.59. The molecular formula is C12H25NO4. The number of hydrogen-bond donors (Lipinski definition) is 1. The monoisotopic (exact) mass is 247 g/mol. The molecule has 5 heteroatoms. The van der Waals surface area contributed by atoms with Crippen LogP contribution in [0.3, 0.4) is 0 Å². The van der Waals surface area contributed by atoms with Crippen LogP contribution in [0.5, 0.6) is 0 Å². The molecule has 0 aromatic carbocycles. The van der Waals surface area contributed by atoms with Crippen molar-refractivity contribution in [2.45, 2.75) is 39.3 Å². The second-order valence-corrected chi connectivity index (χ2v) is 4.33. The Hall–Kier alpha value is -0.650. The van der Waals surface area contributed by atoms with Gasteiger partial charge in [-0.05, 0) is 27.3 Å². The number of nitrogens with one attached hydrogen (secondary N) is 1. The van der Waals surface area contributed by atoms with Crippen LogP contribution < -0.4 is 5.32 Å². The standard InChI is InChI=1S/C12H25NO4/c1-6-13-12(4,11(14)15-5)9-16-7-8-17-10(2)3/h10,13H,6-9H2,1-5H3. The number of likely N-dealkylation sites (N-methyl/N-ethyl adjacent to an activating group) is 1. The molecule has 0 aromatic rings. The molecule has 1 N–H and O–H groups in total. The number of ether oxygens (including phenoxy) is 3. The van der Waals surface area contributed by atoms with Gasteiger partial charge >= 0.3 is 5.97 Å². The predicted molar refractivity (Wildman–Crippen MR) is 66.0 cm³/mol. The van der Waals surface area contributed by atoms with Crippen molar-refractivity contribution in [1.29, 1.82) is 0 Å². The smallest absolute Gasteiger partial charge is 0.328 e. The Morgan fingerprint density at radius 3 is 2.47 bits per heavy atom. The summed E-state index contributed by atoms with van der Waals surface area (Å²) in [7, 11) is 1.37. The first-order valence-electron chi connectivity index (χ1n) is 5.99. The lowest BCUT2D eigenvalue weighted by Gasteiger charge is -2.27. The van der Waals surface area contributed by atoms with Crippen LogP contribution in [0.2, 0.25) is 0 Å². The van der Waals surface area contributed by atoms with Crippen molar-refractivity contribution in [3.8, 4) is 0 Å². The van der Waals surface area contributed by atoms with Gasteiger partial charge in [-0.2, -0.15) is 0 Å². The van der Waals surface area contributed by atoms with Gasteiger partial charge < -0.3 is 19.5 Å². The summed E-state index contributed by atoms with van der Waals surface area (Å²) in [5, 5.41) is 3.07. The molecule has 1 atom stereocenters. The molecule has 0 saturated heterocycles. The highest BCUT2D eigenvalue weighted by Crippen LogP contribution is 2.07. The minimum absolute atomic E-state index is 0.194. The average molecular weight is 247 g/mol. The van der Waals surface area contributed by atoms with E-state index >= 15 is 0 Å². The fourth-order valence-corrected chi connectivity index (χ4v) is 1.42. The van der Waals surface area contributed by atoms with E-state index < -0.39 is 5.54 Å². The normalized spacial score (nSPS) is 14.7. The van der Waals surface area contributed by atoms with Crippen molar-refractivity contribution in [3.05, 3.63) is 0 Å². The topological polar surface area (TPSA) is 56.8 Å². The van der Waals surface area contributed by atoms with Gasteiger partial charge in [0.2, 0.25) is 0 Å². The minimum atomic E-state index is -0.790. The summed E-state index contributed by atoms with van der Waals surface area (Å²) in [6, 6.07) is 0. The van der Waals surface area contributed by atoms with Crippen LogP contribution in [-0.4, -0.2) is 51.1 Å². The number of rotatable bonds is 9. The molecular weight excluding hydrogens is 222 g/mol. The van der Waals surface area contributed by atoms with Gasteiger partial charge in [0.25, 0.3) is 0 Å². The molecule has 0 heterocycles. The van der Waals surface area contributed by atoms with Crippen molar-refractivity contribution in [3.63, 3.8) is 0 Å². The van der Waals surface area contributed by atoms with Gasteiger partial charge in [0.05, 0.1) is 33.0 Å². The van der Waals surface area contributed by atoms with E-state index in [0.717, 1.165) is 0 Å². The number of esters is 1. The third-order valence-corrected chi connectivity index (χ3v) is 2.27. The first-order valence-corrected chi connectivity index (χ1v) is 5.99. The van der Waals surface area contributed by atoms with Crippen LogP contribution >= 0.6 is 0 Å². The van der Waals surface area contributed by atoms with Gasteiger partial charge in [0.15, 0.2) is 0 Å². The van der Waals surface area contributed by atoms with Gasteiger partial charge in [0, 0.05) is 0 Å². The fourth-order valence-electron chi connectivity index (χ4n) is 1.42. The summed E-state index contributed by atoms with van der Waals surface area (Å²) in [6.07, 6.45) is 0.194. The highest BCUT2D eigenvalue weighted by Gasteiger charge is 2.33. The zero-order valence-electron chi connectivity index (χ0n) is 11.5. The summed E-state index contributed by atoms with van der Waals surface area (Å²) in [5.41, 5.74) is -0.790. The Kier molecular flexibility index (Phi) is 8.12. The zero-order chi connectivity index (χ0) is 13.3.